The minimum atomic E-state index is -4.42. The summed E-state index contributed by atoms with van der Waals surface area (Å²) in [6.45, 7) is 0. The lowest BCUT2D eigenvalue weighted by Gasteiger charge is -2.12. The average molecular weight is 203 g/mol. The zero-order valence-electron chi connectivity index (χ0n) is 6.07. The topological polar surface area (TPSA) is 40.1 Å². The van der Waals surface area contributed by atoms with Crippen molar-refractivity contribution >= 4 is 5.97 Å². The van der Waals surface area contributed by atoms with Crippen LogP contribution >= 0.6 is 0 Å². The minimum Gasteiger partial charge on any atom is -0.542 e. The number of carboxylic acids is 1. The summed E-state index contributed by atoms with van der Waals surface area (Å²) >= 11 is 0. The maximum absolute atomic E-state index is 12.0. The Hall–Kier alpha value is -1.14. The van der Waals surface area contributed by atoms with Crippen LogP contribution in [0.3, 0.4) is 0 Å². The predicted molar refractivity (Wildman–Crippen MR) is 29.8 cm³/mol. The van der Waals surface area contributed by atoms with E-state index in [4.69, 9.17) is 0 Å². The zero-order chi connectivity index (χ0) is 10.6. The number of carbonyl (C=O) groups excluding carboxylic acids is 1. The number of hydrogen-bond acceptors (Lipinski definition) is 2. The SMILES string of the molecule is O=C([O-])C(F)=CCC(F)(F)C(F)F. The van der Waals surface area contributed by atoms with Crippen molar-refractivity contribution in [2.24, 2.45) is 0 Å². The molecule has 13 heavy (non-hydrogen) atoms. The Balaban J connectivity index is 4.31. The summed E-state index contributed by atoms with van der Waals surface area (Å²) in [6, 6.07) is 0. The summed E-state index contributed by atoms with van der Waals surface area (Å²) in [5, 5.41) is 9.60. The van der Waals surface area contributed by atoms with Crippen molar-refractivity contribution in [3.05, 3.63) is 11.9 Å². The van der Waals surface area contributed by atoms with Gasteiger partial charge in [-0.2, -0.15) is 8.78 Å². The van der Waals surface area contributed by atoms with Gasteiger partial charge in [-0.1, -0.05) is 0 Å². The molecule has 0 bridgehead atoms. The lowest BCUT2D eigenvalue weighted by atomic mass is 10.2. The van der Waals surface area contributed by atoms with Gasteiger partial charge in [0.1, 0.15) is 5.83 Å². The molecule has 0 aromatic carbocycles. The van der Waals surface area contributed by atoms with E-state index in [9.17, 15) is 31.9 Å². The van der Waals surface area contributed by atoms with Crippen molar-refractivity contribution in [1.29, 1.82) is 0 Å². The van der Waals surface area contributed by atoms with Gasteiger partial charge in [0.15, 0.2) is 0 Å². The maximum Gasteiger partial charge on any atom is 0.310 e. The molecule has 0 aromatic heterocycles. The molecule has 0 aliphatic carbocycles. The van der Waals surface area contributed by atoms with Crippen LogP contribution in [0.1, 0.15) is 6.42 Å². The molecule has 76 valence electrons. The Kier molecular flexibility index (Phi) is 3.83. The summed E-state index contributed by atoms with van der Waals surface area (Å²) in [4.78, 5) is 9.60. The molecule has 0 amide bonds. The van der Waals surface area contributed by atoms with Crippen molar-refractivity contribution in [1.82, 2.24) is 0 Å². The van der Waals surface area contributed by atoms with Crippen LogP contribution in [0.4, 0.5) is 22.0 Å². The molecule has 2 nitrogen and oxygen atoms in total. The van der Waals surface area contributed by atoms with Crippen molar-refractivity contribution < 1.29 is 31.9 Å². The van der Waals surface area contributed by atoms with E-state index in [0.29, 0.717) is 0 Å². The Morgan fingerprint density at radius 3 is 2.23 bits per heavy atom. The molecular weight excluding hydrogens is 199 g/mol. The molecule has 0 spiro atoms. The lowest BCUT2D eigenvalue weighted by molar-refractivity contribution is -0.301. The van der Waals surface area contributed by atoms with Gasteiger partial charge in [0.2, 0.25) is 0 Å². The van der Waals surface area contributed by atoms with Crippen LogP contribution < -0.4 is 5.11 Å². The molecular formula is C6H4F5O2-. The van der Waals surface area contributed by atoms with Gasteiger partial charge in [0.05, 0.1) is 5.97 Å². The molecule has 0 aliphatic rings. The monoisotopic (exact) mass is 203 g/mol. The number of carbonyl (C=O) groups is 1. The summed E-state index contributed by atoms with van der Waals surface area (Å²) in [5.74, 6) is -8.72. The zero-order valence-corrected chi connectivity index (χ0v) is 6.07. The number of rotatable bonds is 4. The van der Waals surface area contributed by atoms with Crippen LogP contribution in [-0.2, 0) is 4.79 Å². The summed E-state index contributed by atoms with van der Waals surface area (Å²) in [5.41, 5.74) is 0. The van der Waals surface area contributed by atoms with Crippen molar-refractivity contribution in [2.75, 3.05) is 0 Å². The Morgan fingerprint density at radius 2 is 1.92 bits per heavy atom. The van der Waals surface area contributed by atoms with Crippen LogP contribution in [0.2, 0.25) is 0 Å². The quantitative estimate of drug-likeness (QED) is 0.502. The van der Waals surface area contributed by atoms with Crippen molar-refractivity contribution in [2.45, 2.75) is 18.8 Å². The number of halogens is 5. The molecule has 0 saturated heterocycles. The molecule has 0 N–H and O–H groups in total. The van der Waals surface area contributed by atoms with Gasteiger partial charge in [-0.3, -0.25) is 0 Å². The van der Waals surface area contributed by atoms with Crippen LogP contribution in [0.25, 0.3) is 0 Å². The van der Waals surface area contributed by atoms with Gasteiger partial charge in [0, 0.05) is 6.42 Å². The van der Waals surface area contributed by atoms with E-state index in [2.05, 4.69) is 0 Å². The Morgan fingerprint density at radius 1 is 1.46 bits per heavy atom. The van der Waals surface area contributed by atoms with E-state index in [1.54, 1.807) is 0 Å². The number of allylic oxidation sites excluding steroid dienone is 1. The van der Waals surface area contributed by atoms with Crippen LogP contribution in [-0.4, -0.2) is 18.3 Å². The second-order valence-corrected chi connectivity index (χ2v) is 2.11. The molecule has 0 heterocycles. The number of alkyl halides is 4. The molecule has 0 saturated carbocycles. The fourth-order valence-corrected chi connectivity index (χ4v) is 0.398. The third-order valence-corrected chi connectivity index (χ3v) is 1.07. The predicted octanol–water partition coefficient (Wildman–Crippen LogP) is 0.880. The molecule has 0 fully saturated rings. The van der Waals surface area contributed by atoms with Crippen molar-refractivity contribution in [3.8, 4) is 0 Å². The number of aliphatic carboxylic acids is 1. The first kappa shape index (κ1) is 11.9. The first-order valence-electron chi connectivity index (χ1n) is 3.00. The van der Waals surface area contributed by atoms with E-state index in [0.717, 1.165) is 0 Å². The molecule has 0 unspecified atom stereocenters. The average Bonchev–Trinajstić information content (AvgIpc) is 1.99. The van der Waals surface area contributed by atoms with Gasteiger partial charge >= 0.3 is 12.3 Å². The highest BCUT2D eigenvalue weighted by atomic mass is 19.3. The summed E-state index contributed by atoms with van der Waals surface area (Å²) in [6.07, 6.45) is -5.79. The van der Waals surface area contributed by atoms with Gasteiger partial charge < -0.3 is 9.90 Å². The van der Waals surface area contributed by atoms with E-state index < -0.39 is 30.6 Å². The molecule has 0 atom stereocenters. The van der Waals surface area contributed by atoms with E-state index in [1.807, 2.05) is 0 Å². The van der Waals surface area contributed by atoms with Gasteiger partial charge in [-0.15, -0.1) is 0 Å². The summed E-state index contributed by atoms with van der Waals surface area (Å²) < 4.78 is 58.7. The maximum atomic E-state index is 12.0. The van der Waals surface area contributed by atoms with E-state index in [-0.39, 0.29) is 6.08 Å². The highest BCUT2D eigenvalue weighted by molar-refractivity contribution is 5.81. The van der Waals surface area contributed by atoms with Gasteiger partial charge in [0.25, 0.3) is 0 Å². The van der Waals surface area contributed by atoms with E-state index in [1.165, 1.54) is 0 Å². The first-order chi connectivity index (χ1) is 5.77. The highest BCUT2D eigenvalue weighted by Crippen LogP contribution is 2.27. The third kappa shape index (κ3) is 3.86. The Labute approximate surface area is 69.7 Å². The van der Waals surface area contributed by atoms with Crippen LogP contribution in [0, 0.1) is 0 Å². The second kappa shape index (κ2) is 4.20. The summed E-state index contributed by atoms with van der Waals surface area (Å²) in [7, 11) is 0. The number of carboxylic acid groups (broad SMARTS) is 1. The van der Waals surface area contributed by atoms with Gasteiger partial charge in [-0.05, 0) is 6.08 Å². The fraction of sp³-hybridized carbons (Fsp3) is 0.500. The lowest BCUT2D eigenvalue weighted by Crippen LogP contribution is -2.27. The molecule has 0 aromatic rings. The molecule has 7 heteroatoms. The Bertz CT molecular complexity index is 223. The van der Waals surface area contributed by atoms with Gasteiger partial charge in [-0.25, -0.2) is 13.2 Å². The molecule has 0 aliphatic heterocycles. The normalized spacial score (nSPS) is 13.5. The van der Waals surface area contributed by atoms with Crippen LogP contribution in [0.15, 0.2) is 11.9 Å². The largest absolute Gasteiger partial charge is 0.542 e. The second-order valence-electron chi connectivity index (χ2n) is 2.11. The van der Waals surface area contributed by atoms with Crippen molar-refractivity contribution in [3.63, 3.8) is 0 Å². The standard InChI is InChI=1S/C6H5F5O2/c7-3(4(12)13)1-2-6(10,11)5(8)9/h1,5H,2H2,(H,12,13)/p-1. The minimum absolute atomic E-state index is 0.151. The molecule has 0 rings (SSSR count). The van der Waals surface area contributed by atoms with Crippen LogP contribution in [0.5, 0.6) is 0 Å². The highest BCUT2D eigenvalue weighted by Gasteiger charge is 2.39. The fourth-order valence-electron chi connectivity index (χ4n) is 0.398. The van der Waals surface area contributed by atoms with E-state index >= 15 is 0 Å². The molecule has 0 radical (unpaired) electrons. The number of hydrogen-bond donors (Lipinski definition) is 0. The smallest absolute Gasteiger partial charge is 0.310 e. The first-order valence-corrected chi connectivity index (χ1v) is 3.00. The third-order valence-electron chi connectivity index (χ3n) is 1.07.